The van der Waals surface area contributed by atoms with E-state index < -0.39 is 29.0 Å². The van der Waals surface area contributed by atoms with Crippen LogP contribution in [-0.2, 0) is 42.5 Å². The molecule has 1 aromatic heterocycles. The lowest BCUT2D eigenvalue weighted by Gasteiger charge is -2.30. The molecule has 37 heavy (non-hydrogen) atoms. The third kappa shape index (κ3) is 7.74. The summed E-state index contributed by atoms with van der Waals surface area (Å²) in [7, 11) is 1.63. The van der Waals surface area contributed by atoms with Gasteiger partial charge >= 0.3 is 12.2 Å². The molecule has 2 amide bonds. The van der Waals surface area contributed by atoms with E-state index in [2.05, 4.69) is 0 Å². The first-order valence-corrected chi connectivity index (χ1v) is 12.3. The van der Waals surface area contributed by atoms with Crippen molar-refractivity contribution in [3.8, 4) is 0 Å². The number of imide groups is 1. The number of ether oxygens (including phenoxy) is 5. The quantitative estimate of drug-likeness (QED) is 0.462. The number of hydrogen-bond donors (Lipinski definition) is 0. The highest BCUT2D eigenvalue weighted by Gasteiger charge is 2.40. The summed E-state index contributed by atoms with van der Waals surface area (Å²) in [5.74, 6) is 0.0655. The highest BCUT2D eigenvalue weighted by atomic mass is 16.6. The molecule has 0 N–H and O–H groups in total. The molecular weight excluding hydrogens is 476 g/mol. The standard InChI is InChI=1S/C28H38N2O7/c1-26(2,3)36-24(31)30(25(32)37-27(4,5)6)23-14-13-21(28(33-7)15-16-34-19-28)22(29-23)18-35-17-20-11-9-8-10-12-20/h8-14H,15-19H2,1-7H3. The number of aromatic nitrogens is 1. The summed E-state index contributed by atoms with van der Waals surface area (Å²) in [5, 5.41) is 0. The second-order valence-corrected chi connectivity index (χ2v) is 10.9. The summed E-state index contributed by atoms with van der Waals surface area (Å²) in [5.41, 5.74) is -0.0643. The summed E-state index contributed by atoms with van der Waals surface area (Å²) < 4.78 is 28.6. The van der Waals surface area contributed by atoms with E-state index in [0.29, 0.717) is 31.9 Å². The topological polar surface area (TPSA) is 96.4 Å². The molecular formula is C28H38N2O7. The number of carbonyl (C=O) groups is 2. The van der Waals surface area contributed by atoms with Gasteiger partial charge in [-0.3, -0.25) is 0 Å². The molecule has 9 heteroatoms. The first kappa shape index (κ1) is 28.6. The van der Waals surface area contributed by atoms with Gasteiger partial charge in [0, 0.05) is 25.7 Å². The second kappa shape index (κ2) is 11.6. The Morgan fingerprint density at radius 3 is 2.08 bits per heavy atom. The average Bonchev–Trinajstić information content (AvgIpc) is 3.28. The lowest BCUT2D eigenvalue weighted by atomic mass is 9.91. The maximum Gasteiger partial charge on any atom is 0.425 e. The van der Waals surface area contributed by atoms with Crippen LogP contribution in [-0.4, -0.2) is 48.7 Å². The molecule has 3 rings (SSSR count). The SMILES string of the molecule is COC1(c2ccc(N(C(=O)OC(C)(C)C)C(=O)OC(C)(C)C)nc2COCc2ccccc2)CCOC1. The Labute approximate surface area is 219 Å². The molecule has 1 atom stereocenters. The third-order valence-electron chi connectivity index (χ3n) is 5.56. The number of hydrogen-bond acceptors (Lipinski definition) is 8. The van der Waals surface area contributed by atoms with Crippen LogP contribution < -0.4 is 4.90 Å². The van der Waals surface area contributed by atoms with Crippen molar-refractivity contribution in [2.24, 2.45) is 0 Å². The highest BCUT2D eigenvalue weighted by molar-refractivity contribution is 6.08. The van der Waals surface area contributed by atoms with Crippen LogP contribution in [0.4, 0.5) is 15.4 Å². The summed E-state index contributed by atoms with van der Waals surface area (Å²) >= 11 is 0. The molecule has 0 aliphatic carbocycles. The van der Waals surface area contributed by atoms with Crippen LogP contribution in [0.15, 0.2) is 42.5 Å². The maximum absolute atomic E-state index is 13.1. The molecule has 202 valence electrons. The lowest BCUT2D eigenvalue weighted by Crippen LogP contribution is -2.44. The van der Waals surface area contributed by atoms with E-state index in [9.17, 15) is 9.59 Å². The Bertz CT molecular complexity index is 1040. The van der Waals surface area contributed by atoms with Crippen LogP contribution in [0.25, 0.3) is 0 Å². The molecule has 1 aliphatic heterocycles. The molecule has 1 aromatic carbocycles. The van der Waals surface area contributed by atoms with Crippen molar-refractivity contribution < 1.29 is 33.3 Å². The zero-order valence-corrected chi connectivity index (χ0v) is 22.8. The Morgan fingerprint density at radius 1 is 0.946 bits per heavy atom. The molecule has 1 aliphatic rings. The van der Waals surface area contributed by atoms with Crippen molar-refractivity contribution in [3.63, 3.8) is 0 Å². The minimum atomic E-state index is -0.885. The molecule has 1 unspecified atom stereocenters. The molecule has 0 radical (unpaired) electrons. The van der Waals surface area contributed by atoms with Crippen molar-refractivity contribution in [1.29, 1.82) is 0 Å². The summed E-state index contributed by atoms with van der Waals surface area (Å²) in [6.07, 6.45) is -1.13. The van der Waals surface area contributed by atoms with Crippen molar-refractivity contribution in [1.82, 2.24) is 4.98 Å². The van der Waals surface area contributed by atoms with Crippen molar-refractivity contribution >= 4 is 18.0 Å². The van der Waals surface area contributed by atoms with Gasteiger partial charge in [-0.2, -0.15) is 4.90 Å². The number of benzene rings is 1. The maximum atomic E-state index is 13.1. The second-order valence-electron chi connectivity index (χ2n) is 10.9. The lowest BCUT2D eigenvalue weighted by molar-refractivity contribution is -0.0238. The monoisotopic (exact) mass is 514 g/mol. The Kier molecular flexibility index (Phi) is 8.94. The first-order chi connectivity index (χ1) is 17.3. The van der Waals surface area contributed by atoms with E-state index in [0.717, 1.165) is 16.0 Å². The van der Waals surface area contributed by atoms with Crippen LogP contribution in [0.3, 0.4) is 0 Å². The van der Waals surface area contributed by atoms with Gasteiger partial charge in [-0.15, -0.1) is 0 Å². The molecule has 0 bridgehead atoms. The van der Waals surface area contributed by atoms with Crippen LogP contribution >= 0.6 is 0 Å². The predicted molar refractivity (Wildman–Crippen MR) is 138 cm³/mol. The van der Waals surface area contributed by atoms with Gasteiger partial charge in [-0.05, 0) is 53.2 Å². The molecule has 1 fully saturated rings. The van der Waals surface area contributed by atoms with E-state index in [1.807, 2.05) is 30.3 Å². The van der Waals surface area contributed by atoms with Gasteiger partial charge in [0.2, 0.25) is 0 Å². The van der Waals surface area contributed by atoms with Crippen molar-refractivity contribution in [2.75, 3.05) is 25.2 Å². The normalized spacial score (nSPS) is 17.9. The van der Waals surface area contributed by atoms with Gasteiger partial charge < -0.3 is 23.7 Å². The number of methoxy groups -OCH3 is 1. The number of pyridine rings is 1. The fraction of sp³-hybridized carbons (Fsp3) is 0.536. The van der Waals surface area contributed by atoms with E-state index in [-0.39, 0.29) is 12.4 Å². The molecule has 0 spiro atoms. The summed E-state index contributed by atoms with van der Waals surface area (Å²) in [6.45, 7) is 11.7. The van der Waals surface area contributed by atoms with Crippen LogP contribution in [0, 0.1) is 0 Å². The minimum absolute atomic E-state index is 0.0655. The van der Waals surface area contributed by atoms with Crippen molar-refractivity contribution in [2.45, 2.75) is 78.0 Å². The van der Waals surface area contributed by atoms with Gasteiger partial charge in [-0.25, -0.2) is 14.6 Å². The van der Waals surface area contributed by atoms with E-state index in [1.165, 1.54) is 0 Å². The van der Waals surface area contributed by atoms with Crippen molar-refractivity contribution in [3.05, 3.63) is 59.3 Å². The molecule has 2 aromatic rings. The number of rotatable bonds is 7. The van der Waals surface area contributed by atoms with Gasteiger partial charge in [0.15, 0.2) is 0 Å². The summed E-state index contributed by atoms with van der Waals surface area (Å²) in [4.78, 5) is 31.8. The minimum Gasteiger partial charge on any atom is -0.443 e. The van der Waals surface area contributed by atoms with E-state index >= 15 is 0 Å². The molecule has 1 saturated heterocycles. The fourth-order valence-corrected chi connectivity index (χ4v) is 3.89. The van der Waals surface area contributed by atoms with Crippen LogP contribution in [0.1, 0.15) is 64.8 Å². The Morgan fingerprint density at radius 2 is 1.57 bits per heavy atom. The largest absolute Gasteiger partial charge is 0.443 e. The Hall–Kier alpha value is -3.01. The molecule has 0 saturated carbocycles. The molecule has 9 nitrogen and oxygen atoms in total. The number of anilines is 1. The van der Waals surface area contributed by atoms with Gasteiger partial charge in [-0.1, -0.05) is 36.4 Å². The van der Waals surface area contributed by atoms with Crippen LogP contribution in [0.5, 0.6) is 0 Å². The number of nitrogens with zero attached hydrogens (tertiary/aromatic N) is 2. The van der Waals surface area contributed by atoms with Gasteiger partial charge in [0.05, 0.1) is 25.5 Å². The Balaban J connectivity index is 2.00. The highest BCUT2D eigenvalue weighted by Crippen LogP contribution is 2.37. The third-order valence-corrected chi connectivity index (χ3v) is 5.56. The van der Waals surface area contributed by atoms with Gasteiger partial charge in [0.1, 0.15) is 22.6 Å². The number of amides is 2. The van der Waals surface area contributed by atoms with E-state index in [4.69, 9.17) is 28.7 Å². The number of carbonyl (C=O) groups excluding carboxylic acids is 2. The molecule has 2 heterocycles. The first-order valence-electron chi connectivity index (χ1n) is 12.3. The van der Waals surface area contributed by atoms with Gasteiger partial charge in [0.25, 0.3) is 0 Å². The summed E-state index contributed by atoms with van der Waals surface area (Å²) in [6, 6.07) is 13.2. The van der Waals surface area contributed by atoms with Crippen LogP contribution in [0.2, 0.25) is 0 Å². The average molecular weight is 515 g/mol. The smallest absolute Gasteiger partial charge is 0.425 e. The predicted octanol–water partition coefficient (Wildman–Crippen LogP) is 5.74. The zero-order chi connectivity index (χ0) is 27.3. The zero-order valence-electron chi connectivity index (χ0n) is 22.8. The van der Waals surface area contributed by atoms with E-state index in [1.54, 1.807) is 60.8 Å². The fourth-order valence-electron chi connectivity index (χ4n) is 3.89.